The van der Waals surface area contributed by atoms with Crippen LogP contribution in [-0.2, 0) is 0 Å². The first-order chi connectivity index (χ1) is 13.5. The van der Waals surface area contributed by atoms with Crippen molar-refractivity contribution >= 4 is 11.4 Å². The van der Waals surface area contributed by atoms with E-state index in [1.165, 1.54) is 0 Å². The first-order valence-electron chi connectivity index (χ1n) is 9.51. The molecule has 5 heteroatoms. The number of fused-ring (bicyclic) bond motifs is 1. The highest BCUT2D eigenvalue weighted by Gasteiger charge is 2.19. The third-order valence-corrected chi connectivity index (χ3v) is 4.80. The molecule has 4 aromatic rings. The van der Waals surface area contributed by atoms with Gasteiger partial charge < -0.3 is 9.30 Å². The number of pyridine rings is 1. The standard InChI is InChI=1S/C23H24N4O/c1-17(2)15-25(3)23(28)21-13-14-24-27(21)22-12-11-20-10-9-19(16-26(20)22)18-7-5-4-6-8-18/h4-14,16-17H,15H2,1-3H3. The summed E-state index contributed by atoms with van der Waals surface area (Å²) >= 11 is 0. The summed E-state index contributed by atoms with van der Waals surface area (Å²) in [6, 6.07) is 20.3. The molecule has 3 aromatic heterocycles. The Morgan fingerprint density at radius 1 is 1.00 bits per heavy atom. The second-order valence-electron chi connectivity index (χ2n) is 7.48. The molecule has 0 aliphatic heterocycles. The molecule has 5 nitrogen and oxygen atoms in total. The maximum Gasteiger partial charge on any atom is 0.272 e. The van der Waals surface area contributed by atoms with Crippen LogP contribution in [0.3, 0.4) is 0 Å². The zero-order valence-corrected chi connectivity index (χ0v) is 16.4. The number of aromatic nitrogens is 3. The monoisotopic (exact) mass is 372 g/mol. The second kappa shape index (κ2) is 7.35. The molecule has 0 atom stereocenters. The maximum absolute atomic E-state index is 12.9. The molecule has 0 saturated heterocycles. The first kappa shape index (κ1) is 18.0. The summed E-state index contributed by atoms with van der Waals surface area (Å²) in [4.78, 5) is 14.7. The molecule has 1 aromatic carbocycles. The van der Waals surface area contributed by atoms with E-state index in [1.807, 2.05) is 37.4 Å². The number of rotatable bonds is 5. The lowest BCUT2D eigenvalue weighted by atomic mass is 10.1. The van der Waals surface area contributed by atoms with Crippen LogP contribution >= 0.6 is 0 Å². The fourth-order valence-corrected chi connectivity index (χ4v) is 3.53. The smallest absolute Gasteiger partial charge is 0.272 e. The van der Waals surface area contributed by atoms with Crippen molar-refractivity contribution in [3.8, 4) is 16.9 Å². The number of nitrogens with zero attached hydrogens (tertiary/aromatic N) is 4. The van der Waals surface area contributed by atoms with Crippen LogP contribution in [0.2, 0.25) is 0 Å². The van der Waals surface area contributed by atoms with Crippen molar-refractivity contribution in [3.05, 3.63) is 78.8 Å². The molecule has 0 spiro atoms. The average molecular weight is 372 g/mol. The number of hydrogen-bond acceptors (Lipinski definition) is 2. The van der Waals surface area contributed by atoms with Crippen LogP contribution in [0.4, 0.5) is 0 Å². The van der Waals surface area contributed by atoms with Gasteiger partial charge in [-0.05, 0) is 41.3 Å². The van der Waals surface area contributed by atoms with Crippen LogP contribution in [0, 0.1) is 5.92 Å². The van der Waals surface area contributed by atoms with Crippen molar-refractivity contribution in [2.45, 2.75) is 13.8 Å². The van der Waals surface area contributed by atoms with E-state index in [0.29, 0.717) is 18.2 Å². The zero-order valence-electron chi connectivity index (χ0n) is 16.4. The van der Waals surface area contributed by atoms with Crippen molar-refractivity contribution in [3.63, 3.8) is 0 Å². The van der Waals surface area contributed by atoms with Crippen molar-refractivity contribution < 1.29 is 4.79 Å². The molecule has 0 unspecified atom stereocenters. The van der Waals surface area contributed by atoms with Crippen LogP contribution in [0.15, 0.2) is 73.1 Å². The summed E-state index contributed by atoms with van der Waals surface area (Å²) in [6.45, 7) is 4.91. The molecule has 4 rings (SSSR count). The lowest BCUT2D eigenvalue weighted by Crippen LogP contribution is -2.31. The molecule has 0 aliphatic rings. The number of amides is 1. The van der Waals surface area contributed by atoms with Crippen LogP contribution in [0.25, 0.3) is 22.5 Å². The SMILES string of the molecule is CC(C)CN(C)C(=O)c1ccnn1-c1ccc2ccc(-c3ccccc3)cn12. The molecule has 0 aliphatic carbocycles. The van der Waals surface area contributed by atoms with Gasteiger partial charge in [-0.3, -0.25) is 4.79 Å². The minimum atomic E-state index is -0.0274. The van der Waals surface area contributed by atoms with Crippen molar-refractivity contribution in [1.82, 2.24) is 19.1 Å². The summed E-state index contributed by atoms with van der Waals surface area (Å²) in [5.41, 5.74) is 3.88. The first-order valence-corrected chi connectivity index (χ1v) is 9.51. The quantitative estimate of drug-likeness (QED) is 0.517. The van der Waals surface area contributed by atoms with Gasteiger partial charge in [0.25, 0.3) is 5.91 Å². The van der Waals surface area contributed by atoms with Crippen LogP contribution < -0.4 is 0 Å². The molecule has 0 fully saturated rings. The molecule has 0 N–H and O–H groups in total. The topological polar surface area (TPSA) is 42.5 Å². The van der Waals surface area contributed by atoms with E-state index in [9.17, 15) is 4.79 Å². The Hall–Kier alpha value is -3.34. The Balaban J connectivity index is 1.77. The molecular formula is C23H24N4O. The Morgan fingerprint density at radius 2 is 1.75 bits per heavy atom. The normalized spacial score (nSPS) is 11.3. The number of hydrogen-bond donors (Lipinski definition) is 0. The highest BCUT2D eigenvalue weighted by atomic mass is 16.2. The Bertz CT molecular complexity index is 1110. The summed E-state index contributed by atoms with van der Waals surface area (Å²) in [7, 11) is 1.84. The van der Waals surface area contributed by atoms with E-state index in [4.69, 9.17) is 0 Å². The van der Waals surface area contributed by atoms with Gasteiger partial charge in [-0.2, -0.15) is 5.10 Å². The minimum absolute atomic E-state index is 0.0274. The molecule has 0 bridgehead atoms. The van der Waals surface area contributed by atoms with Gasteiger partial charge in [0.15, 0.2) is 0 Å². The molecule has 0 radical (unpaired) electrons. The predicted octanol–water partition coefficient (Wildman–Crippen LogP) is 4.52. The zero-order chi connectivity index (χ0) is 19.7. The average Bonchev–Trinajstić information content (AvgIpc) is 3.33. The van der Waals surface area contributed by atoms with E-state index < -0.39 is 0 Å². The van der Waals surface area contributed by atoms with Gasteiger partial charge >= 0.3 is 0 Å². The van der Waals surface area contributed by atoms with E-state index in [2.05, 4.69) is 53.8 Å². The molecule has 1 amide bonds. The van der Waals surface area contributed by atoms with E-state index in [1.54, 1.807) is 21.8 Å². The Kier molecular flexibility index (Phi) is 4.74. The third-order valence-electron chi connectivity index (χ3n) is 4.80. The molecular weight excluding hydrogens is 348 g/mol. The van der Waals surface area contributed by atoms with Crippen molar-refractivity contribution in [2.24, 2.45) is 5.92 Å². The summed E-state index contributed by atoms with van der Waals surface area (Å²) < 4.78 is 3.80. The van der Waals surface area contributed by atoms with Crippen LogP contribution in [-0.4, -0.2) is 38.6 Å². The fourth-order valence-electron chi connectivity index (χ4n) is 3.53. The summed E-state index contributed by atoms with van der Waals surface area (Å²) in [6.07, 6.45) is 3.77. The lowest BCUT2D eigenvalue weighted by Gasteiger charge is -2.19. The summed E-state index contributed by atoms with van der Waals surface area (Å²) in [5, 5.41) is 4.44. The highest BCUT2D eigenvalue weighted by molar-refractivity contribution is 5.93. The Morgan fingerprint density at radius 3 is 2.50 bits per heavy atom. The number of carbonyl (C=O) groups excluding carboxylic acids is 1. The van der Waals surface area contributed by atoms with Gasteiger partial charge in [0.2, 0.25) is 0 Å². The van der Waals surface area contributed by atoms with Gasteiger partial charge in [0.1, 0.15) is 11.5 Å². The third kappa shape index (κ3) is 3.31. The molecule has 28 heavy (non-hydrogen) atoms. The second-order valence-corrected chi connectivity index (χ2v) is 7.48. The van der Waals surface area contributed by atoms with Gasteiger partial charge in [-0.1, -0.05) is 50.2 Å². The minimum Gasteiger partial charge on any atom is -0.340 e. The van der Waals surface area contributed by atoms with Gasteiger partial charge in [-0.25, -0.2) is 4.68 Å². The lowest BCUT2D eigenvalue weighted by molar-refractivity contribution is 0.0770. The van der Waals surface area contributed by atoms with E-state index >= 15 is 0 Å². The highest BCUT2D eigenvalue weighted by Crippen LogP contribution is 2.23. The fraction of sp³-hybridized carbons (Fsp3) is 0.217. The van der Waals surface area contributed by atoms with Crippen molar-refractivity contribution in [1.29, 1.82) is 0 Å². The largest absolute Gasteiger partial charge is 0.340 e. The van der Waals surface area contributed by atoms with E-state index in [0.717, 1.165) is 22.5 Å². The van der Waals surface area contributed by atoms with Gasteiger partial charge in [0, 0.05) is 25.3 Å². The van der Waals surface area contributed by atoms with Gasteiger partial charge in [0.05, 0.1) is 6.20 Å². The van der Waals surface area contributed by atoms with Crippen LogP contribution in [0.1, 0.15) is 24.3 Å². The Labute approximate surface area is 164 Å². The number of carbonyl (C=O) groups is 1. The molecule has 0 saturated carbocycles. The molecule has 142 valence electrons. The maximum atomic E-state index is 12.9. The number of benzene rings is 1. The van der Waals surface area contributed by atoms with Gasteiger partial charge in [-0.15, -0.1) is 0 Å². The predicted molar refractivity (Wildman–Crippen MR) is 112 cm³/mol. The van der Waals surface area contributed by atoms with E-state index in [-0.39, 0.29) is 5.91 Å². The van der Waals surface area contributed by atoms with Crippen LogP contribution in [0.5, 0.6) is 0 Å². The molecule has 3 heterocycles. The summed E-state index contributed by atoms with van der Waals surface area (Å²) in [5.74, 6) is 1.23. The van der Waals surface area contributed by atoms with Crippen molar-refractivity contribution in [2.75, 3.05) is 13.6 Å².